The van der Waals surface area contributed by atoms with E-state index in [1.54, 1.807) is 35.2 Å². The fourth-order valence-electron chi connectivity index (χ4n) is 3.78. The Bertz CT molecular complexity index is 1150. The molecule has 8 nitrogen and oxygen atoms in total. The molecule has 0 atom stereocenters. The van der Waals surface area contributed by atoms with Gasteiger partial charge in [-0.2, -0.15) is 0 Å². The van der Waals surface area contributed by atoms with E-state index in [2.05, 4.69) is 14.9 Å². The third-order valence-electron chi connectivity index (χ3n) is 5.62. The van der Waals surface area contributed by atoms with Gasteiger partial charge < -0.3 is 19.6 Å². The van der Waals surface area contributed by atoms with Gasteiger partial charge in [0, 0.05) is 43.2 Å². The summed E-state index contributed by atoms with van der Waals surface area (Å²) in [4.78, 5) is 45.4. The van der Waals surface area contributed by atoms with Crippen molar-refractivity contribution in [3.63, 3.8) is 0 Å². The number of imidazole rings is 1. The summed E-state index contributed by atoms with van der Waals surface area (Å²) in [6, 6.07) is 12.4. The van der Waals surface area contributed by atoms with Gasteiger partial charge in [-0.1, -0.05) is 23.7 Å². The molecule has 0 unspecified atom stereocenters. The summed E-state index contributed by atoms with van der Waals surface area (Å²) in [5.74, 6) is 0.0540. The second-order valence-corrected chi connectivity index (χ2v) is 8.31. The van der Waals surface area contributed by atoms with Crippen LogP contribution in [0.5, 0.6) is 0 Å². The molecule has 1 amide bonds. The Morgan fingerprint density at radius 1 is 0.969 bits per heavy atom. The molecule has 1 aromatic heterocycles. The minimum atomic E-state index is -0.312. The zero-order valence-electron chi connectivity index (χ0n) is 17.6. The number of rotatable bonds is 7. The molecule has 1 saturated heterocycles. The van der Waals surface area contributed by atoms with E-state index in [0.29, 0.717) is 41.1 Å². The summed E-state index contributed by atoms with van der Waals surface area (Å²) in [7, 11) is 0. The highest BCUT2D eigenvalue weighted by Crippen LogP contribution is 2.14. The summed E-state index contributed by atoms with van der Waals surface area (Å²) in [5, 5.41) is 0.649. The number of nitrogens with zero attached hydrogens (tertiary/aromatic N) is 2. The predicted molar refractivity (Wildman–Crippen MR) is 122 cm³/mol. The van der Waals surface area contributed by atoms with Crippen LogP contribution < -0.4 is 5.69 Å². The lowest BCUT2D eigenvalue weighted by Gasteiger charge is -2.34. The van der Waals surface area contributed by atoms with Crippen LogP contribution in [-0.4, -0.2) is 64.4 Å². The Morgan fingerprint density at radius 3 is 2.44 bits per heavy atom. The molecular weight excluding hydrogens is 432 g/mol. The van der Waals surface area contributed by atoms with Crippen LogP contribution in [0.2, 0.25) is 5.02 Å². The quantitative estimate of drug-likeness (QED) is 0.531. The Morgan fingerprint density at radius 2 is 1.69 bits per heavy atom. The fourth-order valence-corrected chi connectivity index (χ4v) is 3.91. The highest BCUT2D eigenvalue weighted by molar-refractivity contribution is 6.30. The topological polar surface area (TPSA) is 98.5 Å². The van der Waals surface area contributed by atoms with E-state index >= 15 is 0 Å². The normalized spacial score (nSPS) is 14.6. The predicted octanol–water partition coefficient (Wildman–Crippen LogP) is 3.43. The van der Waals surface area contributed by atoms with Gasteiger partial charge in [0.05, 0.1) is 11.0 Å². The molecule has 3 aromatic rings. The molecule has 0 spiro atoms. The summed E-state index contributed by atoms with van der Waals surface area (Å²) in [6.07, 6.45) is 0.860. The number of hydrogen-bond acceptors (Lipinski definition) is 5. The van der Waals surface area contributed by atoms with Crippen LogP contribution in [0.4, 0.5) is 4.79 Å². The lowest BCUT2D eigenvalue weighted by Crippen LogP contribution is -2.49. The Kier molecular flexibility index (Phi) is 6.92. The SMILES string of the molecule is O=C(CCCN1CCN(C(=O)OCc2ccc(Cl)cc2)CC1)c1ccc2[nH]c(=O)[nH]c2c1. The first kappa shape index (κ1) is 22.1. The average molecular weight is 457 g/mol. The highest BCUT2D eigenvalue weighted by atomic mass is 35.5. The summed E-state index contributed by atoms with van der Waals surface area (Å²) in [5.41, 5.74) is 2.54. The number of carbonyl (C=O) groups excluding carboxylic acids is 2. The Balaban J connectivity index is 1.17. The van der Waals surface area contributed by atoms with Gasteiger partial charge in [0.15, 0.2) is 5.78 Å². The van der Waals surface area contributed by atoms with Gasteiger partial charge in [-0.3, -0.25) is 9.69 Å². The highest BCUT2D eigenvalue weighted by Gasteiger charge is 2.22. The molecule has 32 heavy (non-hydrogen) atoms. The van der Waals surface area contributed by atoms with Gasteiger partial charge in [0.1, 0.15) is 6.61 Å². The second-order valence-electron chi connectivity index (χ2n) is 7.88. The van der Waals surface area contributed by atoms with Crippen LogP contribution in [-0.2, 0) is 11.3 Å². The van der Waals surface area contributed by atoms with E-state index in [-0.39, 0.29) is 24.2 Å². The number of carbonyl (C=O) groups is 2. The molecule has 1 aliphatic rings. The van der Waals surface area contributed by atoms with E-state index in [0.717, 1.165) is 31.6 Å². The number of fused-ring (bicyclic) bond motifs is 1. The molecule has 0 aliphatic carbocycles. The first-order valence-corrected chi connectivity index (χ1v) is 11.0. The number of piperazine rings is 1. The molecule has 9 heteroatoms. The van der Waals surface area contributed by atoms with Crippen LogP contribution in [0.25, 0.3) is 11.0 Å². The van der Waals surface area contributed by atoms with Crippen molar-refractivity contribution in [1.82, 2.24) is 19.8 Å². The molecular formula is C23H25ClN4O4. The van der Waals surface area contributed by atoms with Crippen LogP contribution in [0.3, 0.4) is 0 Å². The molecule has 2 heterocycles. The zero-order chi connectivity index (χ0) is 22.5. The number of ether oxygens (including phenoxy) is 1. The molecule has 0 radical (unpaired) electrons. The van der Waals surface area contributed by atoms with Crippen molar-refractivity contribution in [2.75, 3.05) is 32.7 Å². The number of aromatic amines is 2. The molecule has 2 N–H and O–H groups in total. The van der Waals surface area contributed by atoms with Crippen LogP contribution in [0.15, 0.2) is 47.3 Å². The zero-order valence-corrected chi connectivity index (χ0v) is 18.4. The van der Waals surface area contributed by atoms with Gasteiger partial charge in [-0.05, 0) is 48.9 Å². The number of H-pyrrole nitrogens is 2. The first-order valence-electron chi connectivity index (χ1n) is 10.6. The summed E-state index contributed by atoms with van der Waals surface area (Å²) < 4.78 is 5.39. The third-order valence-corrected chi connectivity index (χ3v) is 5.87. The van der Waals surface area contributed by atoms with E-state index in [1.807, 2.05) is 12.1 Å². The maximum Gasteiger partial charge on any atom is 0.410 e. The van der Waals surface area contributed by atoms with Crippen molar-refractivity contribution in [2.45, 2.75) is 19.4 Å². The molecule has 0 saturated carbocycles. The van der Waals surface area contributed by atoms with Crippen molar-refractivity contribution in [2.24, 2.45) is 0 Å². The Labute approximate surface area is 190 Å². The van der Waals surface area contributed by atoms with E-state index in [9.17, 15) is 14.4 Å². The molecule has 4 rings (SSSR count). The fraction of sp³-hybridized carbons (Fsp3) is 0.348. The van der Waals surface area contributed by atoms with Crippen LogP contribution in [0.1, 0.15) is 28.8 Å². The number of ketones is 1. The van der Waals surface area contributed by atoms with Crippen molar-refractivity contribution < 1.29 is 14.3 Å². The largest absolute Gasteiger partial charge is 0.445 e. The number of aromatic nitrogens is 2. The van der Waals surface area contributed by atoms with Gasteiger partial charge in [0.25, 0.3) is 0 Å². The van der Waals surface area contributed by atoms with Crippen molar-refractivity contribution in [3.05, 3.63) is 69.1 Å². The number of hydrogen-bond donors (Lipinski definition) is 2. The van der Waals surface area contributed by atoms with Crippen LogP contribution in [0, 0.1) is 0 Å². The standard InChI is InChI=1S/C23H25ClN4O4/c24-18-6-3-16(4-7-18)15-32-23(31)28-12-10-27(11-13-28)9-1-2-21(29)17-5-8-19-20(14-17)26-22(30)25-19/h3-8,14H,1-2,9-13,15H2,(H2,25,26,30). The van der Waals surface area contributed by atoms with Gasteiger partial charge >= 0.3 is 11.8 Å². The van der Waals surface area contributed by atoms with Crippen LogP contribution >= 0.6 is 11.6 Å². The molecule has 1 fully saturated rings. The lowest BCUT2D eigenvalue weighted by atomic mass is 10.1. The third kappa shape index (κ3) is 5.57. The van der Waals surface area contributed by atoms with Gasteiger partial charge in [0.2, 0.25) is 0 Å². The van der Waals surface area contributed by atoms with Crippen molar-refractivity contribution in [3.8, 4) is 0 Å². The molecule has 168 valence electrons. The number of nitrogens with one attached hydrogen (secondary N) is 2. The van der Waals surface area contributed by atoms with Gasteiger partial charge in [-0.15, -0.1) is 0 Å². The number of amides is 1. The van der Waals surface area contributed by atoms with Crippen molar-refractivity contribution >= 4 is 34.5 Å². The number of Topliss-reactive ketones (excluding diaryl/α,β-unsaturated/α-hetero) is 1. The average Bonchev–Trinajstić information content (AvgIpc) is 3.18. The monoisotopic (exact) mass is 456 g/mol. The molecule has 0 bridgehead atoms. The summed E-state index contributed by atoms with van der Waals surface area (Å²) >= 11 is 5.86. The lowest BCUT2D eigenvalue weighted by molar-refractivity contribution is 0.0711. The second kappa shape index (κ2) is 10.0. The maximum absolute atomic E-state index is 12.5. The molecule has 2 aromatic carbocycles. The smallest absolute Gasteiger partial charge is 0.410 e. The van der Waals surface area contributed by atoms with E-state index in [4.69, 9.17) is 16.3 Å². The minimum absolute atomic E-state index is 0.0540. The molecule has 1 aliphatic heterocycles. The first-order chi connectivity index (χ1) is 15.5. The Hall–Kier alpha value is -3.10. The van der Waals surface area contributed by atoms with Crippen molar-refractivity contribution in [1.29, 1.82) is 0 Å². The van der Waals surface area contributed by atoms with E-state index < -0.39 is 0 Å². The maximum atomic E-state index is 12.5. The minimum Gasteiger partial charge on any atom is -0.445 e. The number of halogens is 1. The van der Waals surface area contributed by atoms with E-state index in [1.165, 1.54) is 0 Å². The van der Waals surface area contributed by atoms with Gasteiger partial charge in [-0.25, -0.2) is 9.59 Å². The summed E-state index contributed by atoms with van der Waals surface area (Å²) in [6.45, 7) is 3.72. The number of benzene rings is 2.